The summed E-state index contributed by atoms with van der Waals surface area (Å²) >= 11 is 3.61. The number of para-hydroxylation sites is 1. The van der Waals surface area contributed by atoms with E-state index in [9.17, 15) is 0 Å². The minimum atomic E-state index is 0.969. The standard InChI is InChI=1S/C23H26N4S2/c1-2-9-26-10-12-27(13-11-26)15-23-25-20(16-28-23)17-7-8-22-19(14-17)24-18-5-3-4-6-21(18)29-22/h3-8,14,16,24H,2,9-13,15H2,1H3. The summed E-state index contributed by atoms with van der Waals surface area (Å²) in [4.78, 5) is 12.6. The third-order valence-corrected chi connectivity index (χ3v) is 7.55. The lowest BCUT2D eigenvalue weighted by atomic mass is 10.1. The fourth-order valence-electron chi connectivity index (χ4n) is 3.99. The van der Waals surface area contributed by atoms with Gasteiger partial charge in [-0.25, -0.2) is 4.98 Å². The number of nitrogens with zero attached hydrogens (tertiary/aromatic N) is 3. The molecule has 4 nitrogen and oxygen atoms in total. The van der Waals surface area contributed by atoms with Gasteiger partial charge >= 0.3 is 0 Å². The van der Waals surface area contributed by atoms with Crippen molar-refractivity contribution in [2.75, 3.05) is 38.0 Å². The Labute approximate surface area is 181 Å². The monoisotopic (exact) mass is 422 g/mol. The quantitative estimate of drug-likeness (QED) is 0.456. The summed E-state index contributed by atoms with van der Waals surface area (Å²) in [6, 6.07) is 15.1. The maximum Gasteiger partial charge on any atom is 0.107 e. The van der Waals surface area contributed by atoms with Gasteiger partial charge in [0.05, 0.1) is 23.6 Å². The van der Waals surface area contributed by atoms with E-state index in [1.807, 2.05) is 11.8 Å². The van der Waals surface area contributed by atoms with E-state index >= 15 is 0 Å². The molecule has 29 heavy (non-hydrogen) atoms. The first kappa shape index (κ1) is 19.1. The maximum absolute atomic E-state index is 4.95. The fourth-order valence-corrected chi connectivity index (χ4v) is 5.81. The Balaban J connectivity index is 1.27. The predicted molar refractivity (Wildman–Crippen MR) is 123 cm³/mol. The summed E-state index contributed by atoms with van der Waals surface area (Å²) < 4.78 is 0. The van der Waals surface area contributed by atoms with Gasteiger partial charge in [0.25, 0.3) is 0 Å². The number of rotatable bonds is 5. The molecular weight excluding hydrogens is 396 g/mol. The molecule has 0 aliphatic carbocycles. The van der Waals surface area contributed by atoms with Crippen molar-refractivity contribution in [2.45, 2.75) is 29.7 Å². The van der Waals surface area contributed by atoms with E-state index in [4.69, 9.17) is 4.98 Å². The molecule has 0 bridgehead atoms. The van der Waals surface area contributed by atoms with Crippen molar-refractivity contribution in [3.8, 4) is 11.3 Å². The molecule has 1 aromatic heterocycles. The van der Waals surface area contributed by atoms with Crippen LogP contribution in [0.3, 0.4) is 0 Å². The molecule has 2 aliphatic rings. The SMILES string of the molecule is CCCN1CCN(Cc2nc(-c3ccc4c(c3)Nc3ccccc3S4)cs2)CC1. The van der Waals surface area contributed by atoms with E-state index in [1.54, 1.807) is 11.3 Å². The zero-order valence-electron chi connectivity index (χ0n) is 16.7. The molecule has 0 atom stereocenters. The first-order chi connectivity index (χ1) is 14.3. The molecule has 0 saturated carbocycles. The summed E-state index contributed by atoms with van der Waals surface area (Å²) in [5, 5.41) is 7.00. The zero-order chi connectivity index (χ0) is 19.6. The van der Waals surface area contributed by atoms with E-state index in [0.717, 1.165) is 25.3 Å². The van der Waals surface area contributed by atoms with Gasteiger partial charge < -0.3 is 10.2 Å². The van der Waals surface area contributed by atoms with E-state index in [-0.39, 0.29) is 0 Å². The number of hydrogen-bond donors (Lipinski definition) is 1. The van der Waals surface area contributed by atoms with Gasteiger partial charge in [-0.3, -0.25) is 4.90 Å². The normalized spacial score (nSPS) is 16.9. The van der Waals surface area contributed by atoms with E-state index in [0.29, 0.717) is 0 Å². The third-order valence-electron chi connectivity index (χ3n) is 5.57. The van der Waals surface area contributed by atoms with Crippen LogP contribution in [-0.2, 0) is 6.54 Å². The van der Waals surface area contributed by atoms with Crippen LogP contribution in [0.5, 0.6) is 0 Å². The van der Waals surface area contributed by atoms with Gasteiger partial charge in [-0.15, -0.1) is 11.3 Å². The van der Waals surface area contributed by atoms with Crippen molar-refractivity contribution in [1.29, 1.82) is 0 Å². The largest absolute Gasteiger partial charge is 0.354 e. The molecule has 2 aromatic carbocycles. The average molecular weight is 423 g/mol. The highest BCUT2D eigenvalue weighted by molar-refractivity contribution is 7.99. The number of anilines is 2. The van der Waals surface area contributed by atoms with Crippen molar-refractivity contribution in [3.63, 3.8) is 0 Å². The molecule has 150 valence electrons. The van der Waals surface area contributed by atoms with Crippen molar-refractivity contribution in [1.82, 2.24) is 14.8 Å². The summed E-state index contributed by atoms with van der Waals surface area (Å²) in [7, 11) is 0. The number of aromatic nitrogens is 1. The van der Waals surface area contributed by atoms with Crippen LogP contribution in [0.1, 0.15) is 18.4 Å². The molecule has 3 aromatic rings. The lowest BCUT2D eigenvalue weighted by Gasteiger charge is -2.33. The van der Waals surface area contributed by atoms with Crippen LogP contribution in [0, 0.1) is 0 Å². The molecule has 2 aliphatic heterocycles. The van der Waals surface area contributed by atoms with Gasteiger partial charge in [-0.05, 0) is 37.2 Å². The number of hydrogen-bond acceptors (Lipinski definition) is 6. The molecule has 5 rings (SSSR count). The smallest absolute Gasteiger partial charge is 0.107 e. The van der Waals surface area contributed by atoms with Gasteiger partial charge in [-0.2, -0.15) is 0 Å². The predicted octanol–water partition coefficient (Wildman–Crippen LogP) is 5.55. The third kappa shape index (κ3) is 4.21. The number of piperazine rings is 1. The highest BCUT2D eigenvalue weighted by Crippen LogP contribution is 2.45. The van der Waals surface area contributed by atoms with Crippen LogP contribution in [-0.4, -0.2) is 47.5 Å². The molecule has 1 fully saturated rings. The van der Waals surface area contributed by atoms with Crippen LogP contribution in [0.25, 0.3) is 11.3 Å². The Morgan fingerprint density at radius 1 is 0.966 bits per heavy atom. The summed E-state index contributed by atoms with van der Waals surface area (Å²) in [5.74, 6) is 0. The Morgan fingerprint density at radius 3 is 2.62 bits per heavy atom. The average Bonchev–Trinajstić information content (AvgIpc) is 3.22. The van der Waals surface area contributed by atoms with Crippen LogP contribution in [0.4, 0.5) is 11.4 Å². The number of nitrogens with one attached hydrogen (secondary N) is 1. The second-order valence-electron chi connectivity index (χ2n) is 7.68. The molecule has 0 unspecified atom stereocenters. The summed E-state index contributed by atoms with van der Waals surface area (Å²) in [6.45, 7) is 9.12. The molecular formula is C23H26N4S2. The van der Waals surface area contributed by atoms with Crippen molar-refractivity contribution < 1.29 is 0 Å². The number of benzene rings is 2. The van der Waals surface area contributed by atoms with Crippen LogP contribution in [0.2, 0.25) is 0 Å². The highest BCUT2D eigenvalue weighted by Gasteiger charge is 2.19. The molecule has 0 radical (unpaired) electrons. The fraction of sp³-hybridized carbons (Fsp3) is 0.348. The van der Waals surface area contributed by atoms with E-state index in [1.165, 1.54) is 57.8 Å². The van der Waals surface area contributed by atoms with Crippen LogP contribution < -0.4 is 5.32 Å². The lowest BCUT2D eigenvalue weighted by Crippen LogP contribution is -2.45. The minimum absolute atomic E-state index is 0.969. The highest BCUT2D eigenvalue weighted by atomic mass is 32.2. The Kier molecular flexibility index (Phi) is 5.59. The molecule has 1 saturated heterocycles. The van der Waals surface area contributed by atoms with Crippen molar-refractivity contribution >= 4 is 34.5 Å². The topological polar surface area (TPSA) is 31.4 Å². The van der Waals surface area contributed by atoms with E-state index in [2.05, 4.69) is 69.9 Å². The molecule has 3 heterocycles. The first-order valence-electron chi connectivity index (χ1n) is 10.4. The molecule has 0 amide bonds. The maximum atomic E-state index is 4.95. The minimum Gasteiger partial charge on any atom is -0.354 e. The van der Waals surface area contributed by atoms with Gasteiger partial charge in [0.1, 0.15) is 5.01 Å². The number of fused-ring (bicyclic) bond motifs is 2. The Morgan fingerprint density at radius 2 is 1.76 bits per heavy atom. The zero-order valence-corrected chi connectivity index (χ0v) is 18.4. The van der Waals surface area contributed by atoms with Crippen molar-refractivity contribution in [2.24, 2.45) is 0 Å². The van der Waals surface area contributed by atoms with Crippen LogP contribution in [0.15, 0.2) is 57.6 Å². The molecule has 1 N–H and O–H groups in total. The van der Waals surface area contributed by atoms with E-state index < -0.39 is 0 Å². The van der Waals surface area contributed by atoms with Crippen molar-refractivity contribution in [3.05, 3.63) is 52.9 Å². The Hall–Kier alpha value is -1.86. The van der Waals surface area contributed by atoms with Gasteiger partial charge in [0, 0.05) is 46.9 Å². The Bertz CT molecular complexity index is 992. The molecule has 0 spiro atoms. The lowest BCUT2D eigenvalue weighted by molar-refractivity contribution is 0.127. The first-order valence-corrected chi connectivity index (χ1v) is 12.1. The summed E-state index contributed by atoms with van der Waals surface area (Å²) in [5.41, 5.74) is 4.63. The van der Waals surface area contributed by atoms with Gasteiger partial charge in [0.15, 0.2) is 0 Å². The van der Waals surface area contributed by atoms with Gasteiger partial charge in [-0.1, -0.05) is 36.9 Å². The molecule has 6 heteroatoms. The van der Waals surface area contributed by atoms with Gasteiger partial charge in [0.2, 0.25) is 0 Å². The summed E-state index contributed by atoms with van der Waals surface area (Å²) in [6.07, 6.45) is 1.25. The van der Waals surface area contributed by atoms with Crippen LogP contribution >= 0.6 is 23.1 Å². The number of thiazole rings is 1. The second kappa shape index (κ2) is 8.48. The second-order valence-corrected chi connectivity index (χ2v) is 9.70.